The number of hydrogen-bond donors (Lipinski definition) is 2. The molecule has 0 aromatic heterocycles. The van der Waals surface area contributed by atoms with E-state index in [9.17, 15) is 10.2 Å². The van der Waals surface area contributed by atoms with Crippen molar-refractivity contribution in [3.8, 4) is 0 Å². The summed E-state index contributed by atoms with van der Waals surface area (Å²) in [6, 6.07) is 0. The summed E-state index contributed by atoms with van der Waals surface area (Å²) in [4.78, 5) is 0. The van der Waals surface area contributed by atoms with Crippen LogP contribution in [0.3, 0.4) is 0 Å². The summed E-state index contributed by atoms with van der Waals surface area (Å²) >= 11 is 0. The lowest BCUT2D eigenvalue weighted by Crippen LogP contribution is -2.58. The summed E-state index contributed by atoms with van der Waals surface area (Å²) in [5, 5.41) is 21.5. The third kappa shape index (κ3) is 2.80. The molecule has 13 atom stereocenters. The minimum atomic E-state index is -0.338. The van der Waals surface area contributed by atoms with E-state index < -0.39 is 0 Å². The Hall–Kier alpha value is -0.160. The van der Waals surface area contributed by atoms with Crippen LogP contribution < -0.4 is 0 Å². The van der Waals surface area contributed by atoms with Crippen LogP contribution in [-0.2, 0) is 9.47 Å². The predicted octanol–water partition coefficient (Wildman–Crippen LogP) is 4.76. The monoisotopic (exact) mass is 432 g/mol. The minimum absolute atomic E-state index is 0.191. The molecule has 4 saturated carbocycles. The molecule has 2 N–H and O–H groups in total. The number of ether oxygens (including phenoxy) is 2. The van der Waals surface area contributed by atoms with Gasteiger partial charge in [-0.05, 0) is 97.7 Å². The molecule has 0 aromatic rings. The van der Waals surface area contributed by atoms with E-state index in [1.54, 1.807) is 0 Å². The van der Waals surface area contributed by atoms with Crippen LogP contribution in [0, 0.1) is 52.3 Å². The summed E-state index contributed by atoms with van der Waals surface area (Å²) in [7, 11) is 0. The van der Waals surface area contributed by atoms with Gasteiger partial charge in [0.1, 0.15) is 0 Å². The molecule has 4 heteroatoms. The van der Waals surface area contributed by atoms with Crippen LogP contribution in [0.1, 0.15) is 85.5 Å². The highest BCUT2D eigenvalue weighted by Gasteiger charge is 2.69. The summed E-state index contributed by atoms with van der Waals surface area (Å²) in [6.07, 6.45) is 9.58. The van der Waals surface area contributed by atoms with Gasteiger partial charge >= 0.3 is 0 Å². The van der Waals surface area contributed by atoms with E-state index in [-0.39, 0.29) is 29.3 Å². The van der Waals surface area contributed by atoms with Crippen LogP contribution in [0.4, 0.5) is 0 Å². The van der Waals surface area contributed by atoms with Crippen LogP contribution >= 0.6 is 0 Å². The SMILES string of the molecule is C[C@H]1CC[C@@]2(OC1)O[C@H]1C[C@H]3[C@@H]4C[C@@H](O)[C@H]5C[C@@H](O)CC[C@]5(C)[C@H]4CC[C@]3(C)[C@H]1[C@@H]2C. The molecule has 2 aliphatic heterocycles. The van der Waals surface area contributed by atoms with Gasteiger partial charge < -0.3 is 19.7 Å². The molecule has 6 aliphatic rings. The average Bonchev–Trinajstić information content (AvgIpc) is 3.17. The maximum atomic E-state index is 11.2. The minimum Gasteiger partial charge on any atom is -0.393 e. The van der Waals surface area contributed by atoms with Crippen molar-refractivity contribution in [3.63, 3.8) is 0 Å². The van der Waals surface area contributed by atoms with Crippen molar-refractivity contribution in [2.45, 2.75) is 110 Å². The fraction of sp³-hybridized carbons (Fsp3) is 1.00. The van der Waals surface area contributed by atoms with Crippen molar-refractivity contribution < 1.29 is 19.7 Å². The van der Waals surface area contributed by atoms with E-state index >= 15 is 0 Å². The van der Waals surface area contributed by atoms with Crippen molar-refractivity contribution in [3.05, 3.63) is 0 Å². The fourth-order valence-corrected chi connectivity index (χ4v) is 10.3. The molecule has 0 unspecified atom stereocenters. The quantitative estimate of drug-likeness (QED) is 0.579. The van der Waals surface area contributed by atoms with Crippen molar-refractivity contribution in [2.75, 3.05) is 6.61 Å². The van der Waals surface area contributed by atoms with Gasteiger partial charge in [-0.2, -0.15) is 0 Å². The zero-order chi connectivity index (χ0) is 21.8. The van der Waals surface area contributed by atoms with E-state index in [4.69, 9.17) is 9.47 Å². The van der Waals surface area contributed by atoms with Gasteiger partial charge in [0, 0.05) is 12.3 Å². The molecule has 0 amide bonds. The van der Waals surface area contributed by atoms with Gasteiger partial charge in [0.05, 0.1) is 24.9 Å². The van der Waals surface area contributed by atoms with Crippen LogP contribution in [0.2, 0.25) is 0 Å². The van der Waals surface area contributed by atoms with E-state index in [1.807, 2.05) is 0 Å². The normalized spacial score (nSPS) is 63.3. The Bertz CT molecular complexity index is 716. The molecule has 4 nitrogen and oxygen atoms in total. The first-order valence-corrected chi connectivity index (χ1v) is 13.4. The molecule has 176 valence electrons. The Balaban J connectivity index is 1.28. The Morgan fingerprint density at radius 1 is 0.806 bits per heavy atom. The van der Waals surface area contributed by atoms with Gasteiger partial charge in [-0.15, -0.1) is 0 Å². The highest BCUT2D eigenvalue weighted by Crippen LogP contribution is 2.71. The second kappa shape index (κ2) is 6.93. The fourth-order valence-electron chi connectivity index (χ4n) is 10.3. The first-order valence-electron chi connectivity index (χ1n) is 13.4. The van der Waals surface area contributed by atoms with E-state index in [2.05, 4.69) is 27.7 Å². The number of aliphatic hydroxyl groups excluding tert-OH is 2. The molecule has 0 bridgehead atoms. The van der Waals surface area contributed by atoms with Crippen molar-refractivity contribution in [2.24, 2.45) is 52.3 Å². The number of rotatable bonds is 0. The maximum Gasteiger partial charge on any atom is 0.171 e. The van der Waals surface area contributed by atoms with Gasteiger partial charge in [0.15, 0.2) is 5.79 Å². The molecule has 0 radical (unpaired) electrons. The Morgan fingerprint density at radius 2 is 1.58 bits per heavy atom. The van der Waals surface area contributed by atoms with Crippen LogP contribution in [-0.4, -0.2) is 40.9 Å². The molecule has 31 heavy (non-hydrogen) atoms. The largest absolute Gasteiger partial charge is 0.393 e. The van der Waals surface area contributed by atoms with Gasteiger partial charge in [-0.25, -0.2) is 0 Å². The lowest BCUT2D eigenvalue weighted by molar-refractivity contribution is -0.273. The molecule has 1 spiro atoms. The lowest BCUT2D eigenvalue weighted by Gasteiger charge is -2.62. The van der Waals surface area contributed by atoms with Crippen LogP contribution in [0.5, 0.6) is 0 Å². The number of aliphatic hydroxyl groups is 2. The Morgan fingerprint density at radius 3 is 2.32 bits per heavy atom. The van der Waals surface area contributed by atoms with Gasteiger partial charge in [-0.3, -0.25) is 0 Å². The van der Waals surface area contributed by atoms with E-state index in [0.29, 0.717) is 47.0 Å². The van der Waals surface area contributed by atoms with Crippen LogP contribution in [0.25, 0.3) is 0 Å². The topological polar surface area (TPSA) is 58.9 Å². The average molecular weight is 433 g/mol. The molecule has 0 aromatic carbocycles. The summed E-state index contributed by atoms with van der Waals surface area (Å²) in [5.74, 6) is 3.58. The second-order valence-corrected chi connectivity index (χ2v) is 13.2. The molecule has 2 saturated heterocycles. The summed E-state index contributed by atoms with van der Waals surface area (Å²) in [6.45, 7) is 10.6. The molecule has 6 fully saturated rings. The molecule has 4 aliphatic carbocycles. The predicted molar refractivity (Wildman–Crippen MR) is 119 cm³/mol. The third-order valence-corrected chi connectivity index (χ3v) is 11.9. The van der Waals surface area contributed by atoms with E-state index in [1.165, 1.54) is 19.3 Å². The summed E-state index contributed by atoms with van der Waals surface area (Å²) < 4.78 is 13.3. The highest BCUT2D eigenvalue weighted by atomic mass is 16.7. The molecular formula is C27H44O4. The van der Waals surface area contributed by atoms with E-state index in [0.717, 1.165) is 45.1 Å². The molecule has 6 rings (SSSR count). The lowest BCUT2D eigenvalue weighted by atomic mass is 9.43. The first-order chi connectivity index (χ1) is 14.7. The standard InChI is InChI=1S/C27H44O4/c1-15-5-10-27(30-14-15)16(2)24-23(31-27)13-20-18-12-22(29)21-11-17(28)6-8-25(21,3)19(18)7-9-26(20,24)4/h15-24,28-29H,5-14H2,1-4H3/t15-,16-,17-,18+,19-,20-,21+,22+,23-,24-,25+,26-,27+/m0/s1. The zero-order valence-corrected chi connectivity index (χ0v) is 20.1. The third-order valence-electron chi connectivity index (χ3n) is 11.9. The van der Waals surface area contributed by atoms with Gasteiger partial charge in [0.2, 0.25) is 0 Å². The second-order valence-electron chi connectivity index (χ2n) is 13.2. The number of hydrogen-bond acceptors (Lipinski definition) is 4. The number of fused-ring (bicyclic) bond motifs is 7. The first kappa shape index (κ1) is 21.4. The highest BCUT2D eigenvalue weighted by molar-refractivity contribution is 5.16. The Kier molecular flexibility index (Phi) is 4.78. The van der Waals surface area contributed by atoms with Crippen molar-refractivity contribution in [1.82, 2.24) is 0 Å². The summed E-state index contributed by atoms with van der Waals surface area (Å²) in [5.41, 5.74) is 0.495. The zero-order valence-electron chi connectivity index (χ0n) is 20.1. The van der Waals surface area contributed by atoms with Crippen LogP contribution in [0.15, 0.2) is 0 Å². The van der Waals surface area contributed by atoms with Gasteiger partial charge in [-0.1, -0.05) is 27.7 Å². The maximum absolute atomic E-state index is 11.2. The smallest absolute Gasteiger partial charge is 0.171 e. The molecular weight excluding hydrogens is 388 g/mol. The Labute approximate surface area is 188 Å². The van der Waals surface area contributed by atoms with Crippen molar-refractivity contribution in [1.29, 1.82) is 0 Å². The van der Waals surface area contributed by atoms with Gasteiger partial charge in [0.25, 0.3) is 0 Å². The van der Waals surface area contributed by atoms with Crippen molar-refractivity contribution >= 4 is 0 Å². The molecule has 2 heterocycles.